The van der Waals surface area contributed by atoms with Gasteiger partial charge in [-0.25, -0.2) is 0 Å². The number of hydrogen-bond donors (Lipinski definition) is 0. The van der Waals surface area contributed by atoms with Gasteiger partial charge in [0.1, 0.15) is 12.2 Å². The van der Waals surface area contributed by atoms with Crippen molar-refractivity contribution in [2.45, 2.75) is 85.0 Å². The van der Waals surface area contributed by atoms with E-state index in [0.29, 0.717) is 12.1 Å². The van der Waals surface area contributed by atoms with Crippen molar-refractivity contribution in [2.75, 3.05) is 0 Å². The maximum atomic E-state index is 12.3. The van der Waals surface area contributed by atoms with Crippen molar-refractivity contribution in [1.82, 2.24) is 9.78 Å². The van der Waals surface area contributed by atoms with E-state index < -0.39 is 18.3 Å². The molecule has 1 aliphatic rings. The van der Waals surface area contributed by atoms with Crippen LogP contribution in [0.2, 0.25) is 0 Å². The Morgan fingerprint density at radius 3 is 2.34 bits per heavy atom. The minimum atomic E-state index is -0.511. The second kappa shape index (κ2) is 8.03. The molecule has 1 saturated heterocycles. The van der Waals surface area contributed by atoms with Gasteiger partial charge in [0.15, 0.2) is 11.6 Å². The van der Waals surface area contributed by atoms with E-state index >= 15 is 0 Å². The molecule has 0 unspecified atom stereocenters. The number of rotatable bonds is 8. The van der Waals surface area contributed by atoms with Crippen molar-refractivity contribution in [1.29, 1.82) is 0 Å². The largest absolute Gasteiger partial charge is 0.494 e. The Morgan fingerprint density at radius 2 is 1.76 bits per heavy atom. The van der Waals surface area contributed by atoms with E-state index in [9.17, 15) is 9.59 Å². The molecule has 1 aliphatic heterocycles. The standard InChI is InChI=1S/C22H31BN2O4/c1-7-8-9-10-17(27)14-25-19-12-11-16(13-18(19)20(24-25)15(2)26)23-28-21(3,4)22(5,6)29-23/h11-13H,7-10,14H2,1-6H3. The molecule has 3 rings (SSSR count). The lowest BCUT2D eigenvalue weighted by molar-refractivity contribution is -0.119. The quantitative estimate of drug-likeness (QED) is 0.385. The van der Waals surface area contributed by atoms with Crippen LogP contribution in [0.5, 0.6) is 0 Å². The van der Waals surface area contributed by atoms with Crippen LogP contribution in [0.3, 0.4) is 0 Å². The maximum absolute atomic E-state index is 12.3. The highest BCUT2D eigenvalue weighted by Gasteiger charge is 2.51. The van der Waals surface area contributed by atoms with Crippen molar-refractivity contribution >= 4 is 35.1 Å². The first-order valence-corrected chi connectivity index (χ1v) is 10.4. The van der Waals surface area contributed by atoms with Gasteiger partial charge in [-0.05, 0) is 45.6 Å². The van der Waals surface area contributed by atoms with Crippen molar-refractivity contribution in [3.8, 4) is 0 Å². The van der Waals surface area contributed by atoms with E-state index in [4.69, 9.17) is 9.31 Å². The first kappa shape index (κ1) is 21.7. The molecule has 156 valence electrons. The Bertz CT molecular complexity index is 916. The van der Waals surface area contributed by atoms with Crippen LogP contribution in [0, 0.1) is 0 Å². The van der Waals surface area contributed by atoms with Crippen LogP contribution < -0.4 is 5.46 Å². The minimum absolute atomic E-state index is 0.127. The lowest BCUT2D eigenvalue weighted by atomic mass is 9.78. The van der Waals surface area contributed by atoms with Gasteiger partial charge in [-0.1, -0.05) is 31.9 Å². The van der Waals surface area contributed by atoms with Crippen molar-refractivity contribution in [3.05, 3.63) is 23.9 Å². The SMILES string of the molecule is CCCCCC(=O)Cn1nc(C(C)=O)c2cc(B3OC(C)(C)C(C)(C)O3)ccc21. The summed E-state index contributed by atoms with van der Waals surface area (Å²) in [4.78, 5) is 24.5. The second-order valence-corrected chi connectivity index (χ2v) is 8.92. The van der Waals surface area contributed by atoms with Gasteiger partial charge in [0.05, 0.1) is 16.7 Å². The zero-order valence-electron chi connectivity index (χ0n) is 18.4. The number of unbranched alkanes of at least 4 members (excludes halogenated alkanes) is 2. The average molecular weight is 398 g/mol. The molecule has 0 amide bonds. The normalized spacial score (nSPS) is 17.8. The van der Waals surface area contributed by atoms with E-state index in [1.165, 1.54) is 6.92 Å². The third kappa shape index (κ3) is 4.31. The van der Waals surface area contributed by atoms with Crippen molar-refractivity contribution in [2.24, 2.45) is 0 Å². The molecule has 2 aromatic rings. The summed E-state index contributed by atoms with van der Waals surface area (Å²) in [5, 5.41) is 5.17. The fourth-order valence-corrected chi connectivity index (χ4v) is 3.52. The number of nitrogens with zero attached hydrogens (tertiary/aromatic N) is 2. The van der Waals surface area contributed by atoms with Gasteiger partial charge in [0.2, 0.25) is 0 Å². The first-order valence-electron chi connectivity index (χ1n) is 10.4. The Kier molecular flexibility index (Phi) is 6.02. The lowest BCUT2D eigenvalue weighted by Crippen LogP contribution is -2.41. The van der Waals surface area contributed by atoms with Crippen LogP contribution in [-0.4, -0.2) is 39.7 Å². The highest BCUT2D eigenvalue weighted by Crippen LogP contribution is 2.36. The molecule has 7 heteroatoms. The number of hydrogen-bond acceptors (Lipinski definition) is 5. The van der Waals surface area contributed by atoms with E-state index in [1.54, 1.807) is 4.68 Å². The number of carbonyl (C=O) groups excluding carboxylic acids is 2. The molecular weight excluding hydrogens is 367 g/mol. The summed E-state index contributed by atoms with van der Waals surface area (Å²) < 4.78 is 13.9. The molecular formula is C22H31BN2O4. The third-order valence-corrected chi connectivity index (χ3v) is 6.02. The minimum Gasteiger partial charge on any atom is -0.399 e. The highest BCUT2D eigenvalue weighted by atomic mass is 16.7. The number of Topliss-reactive ketones (excluding diaryl/α,β-unsaturated/α-hetero) is 2. The summed E-state index contributed by atoms with van der Waals surface area (Å²) in [6.45, 7) is 11.8. The molecule has 29 heavy (non-hydrogen) atoms. The molecule has 0 N–H and O–H groups in total. The van der Waals surface area contributed by atoms with Gasteiger partial charge in [-0.2, -0.15) is 5.10 Å². The summed E-state index contributed by atoms with van der Waals surface area (Å²) in [5.74, 6) is 0.00578. The third-order valence-electron chi connectivity index (χ3n) is 6.02. The topological polar surface area (TPSA) is 70.4 Å². The zero-order valence-corrected chi connectivity index (χ0v) is 18.4. The first-order chi connectivity index (χ1) is 13.6. The summed E-state index contributed by atoms with van der Waals surface area (Å²) in [7, 11) is -0.511. The van der Waals surface area contributed by atoms with Crippen LogP contribution >= 0.6 is 0 Å². The molecule has 6 nitrogen and oxygen atoms in total. The number of fused-ring (bicyclic) bond motifs is 1. The molecule has 1 aromatic heterocycles. The van der Waals surface area contributed by atoms with Crippen LogP contribution in [0.1, 0.15) is 77.7 Å². The fourth-order valence-electron chi connectivity index (χ4n) is 3.52. The lowest BCUT2D eigenvalue weighted by Gasteiger charge is -2.32. The Hall–Kier alpha value is -1.99. The molecule has 1 fully saturated rings. The summed E-state index contributed by atoms with van der Waals surface area (Å²) in [6.07, 6.45) is 3.55. The van der Waals surface area contributed by atoms with Gasteiger partial charge >= 0.3 is 7.12 Å². The van der Waals surface area contributed by atoms with E-state index in [1.807, 2.05) is 45.9 Å². The van der Waals surface area contributed by atoms with Crippen molar-refractivity contribution < 1.29 is 18.9 Å². The summed E-state index contributed by atoms with van der Waals surface area (Å²) >= 11 is 0. The predicted octanol–water partition coefficient (Wildman–Crippen LogP) is 3.69. The predicted molar refractivity (Wildman–Crippen MR) is 115 cm³/mol. The monoisotopic (exact) mass is 398 g/mol. The molecule has 1 aromatic carbocycles. The molecule has 2 heterocycles. The summed E-state index contributed by atoms with van der Waals surface area (Å²) in [5.41, 5.74) is 1.11. The van der Waals surface area contributed by atoms with E-state index in [2.05, 4.69) is 12.0 Å². The van der Waals surface area contributed by atoms with Gasteiger partial charge in [0, 0.05) is 18.7 Å². The molecule has 0 spiro atoms. The molecule has 0 radical (unpaired) electrons. The smallest absolute Gasteiger partial charge is 0.399 e. The molecule has 0 atom stereocenters. The highest BCUT2D eigenvalue weighted by molar-refractivity contribution is 6.62. The van der Waals surface area contributed by atoms with E-state index in [0.717, 1.165) is 35.6 Å². The Labute approximate surface area is 173 Å². The fraction of sp³-hybridized carbons (Fsp3) is 0.591. The van der Waals surface area contributed by atoms with Gasteiger partial charge in [-0.3, -0.25) is 14.3 Å². The maximum Gasteiger partial charge on any atom is 0.494 e. The second-order valence-electron chi connectivity index (χ2n) is 8.92. The molecule has 0 aliphatic carbocycles. The van der Waals surface area contributed by atoms with Crippen LogP contribution in [0.15, 0.2) is 18.2 Å². The van der Waals surface area contributed by atoms with Gasteiger partial charge in [-0.15, -0.1) is 0 Å². The molecule has 0 bridgehead atoms. The van der Waals surface area contributed by atoms with Gasteiger partial charge in [0.25, 0.3) is 0 Å². The van der Waals surface area contributed by atoms with Crippen LogP contribution in [0.4, 0.5) is 0 Å². The Morgan fingerprint density at radius 1 is 1.10 bits per heavy atom. The van der Waals surface area contributed by atoms with Crippen LogP contribution in [-0.2, 0) is 20.6 Å². The summed E-state index contributed by atoms with van der Waals surface area (Å²) in [6, 6.07) is 5.72. The number of ketones is 2. The number of carbonyl (C=O) groups is 2. The van der Waals surface area contributed by atoms with Crippen molar-refractivity contribution in [3.63, 3.8) is 0 Å². The Balaban J connectivity index is 1.91. The van der Waals surface area contributed by atoms with Gasteiger partial charge < -0.3 is 9.31 Å². The number of benzene rings is 1. The zero-order chi connectivity index (χ0) is 21.4. The average Bonchev–Trinajstić information content (AvgIpc) is 3.09. The van der Waals surface area contributed by atoms with E-state index in [-0.39, 0.29) is 18.1 Å². The molecule has 0 saturated carbocycles. The van der Waals surface area contributed by atoms with Crippen LogP contribution in [0.25, 0.3) is 10.9 Å². The number of aromatic nitrogens is 2.